The quantitative estimate of drug-likeness (QED) is 0.666. The highest BCUT2D eigenvalue weighted by atomic mass is 32.2. The molecule has 31 heavy (non-hydrogen) atoms. The third kappa shape index (κ3) is 3.69. The van der Waals surface area contributed by atoms with E-state index in [-0.39, 0.29) is 9.79 Å². The van der Waals surface area contributed by atoms with Gasteiger partial charge >= 0.3 is 7.67 Å². The minimum absolute atomic E-state index is 0.133. The van der Waals surface area contributed by atoms with E-state index >= 15 is 0 Å². The van der Waals surface area contributed by atoms with Crippen molar-refractivity contribution in [1.82, 2.24) is 8.15 Å². The fourth-order valence-corrected chi connectivity index (χ4v) is 11.9. The Morgan fingerprint density at radius 1 is 0.742 bits per heavy atom. The lowest BCUT2D eigenvalue weighted by Gasteiger charge is -2.29. The average Bonchev–Trinajstić information content (AvgIpc) is 2.95. The zero-order chi connectivity index (χ0) is 22.6. The summed E-state index contributed by atoms with van der Waals surface area (Å²) in [6.45, 7) is 3.60. The number of aryl methyl sites for hydroxylation is 2. The normalized spacial score (nSPS) is 24.7. The van der Waals surface area contributed by atoms with E-state index in [9.17, 15) is 26.3 Å². The highest BCUT2D eigenvalue weighted by molar-refractivity contribution is 7.99. The molecule has 2 aliphatic rings. The fraction of sp³-hybridized carbons (Fsp3) is 0.400. The first-order valence-corrected chi connectivity index (χ1v) is 14.5. The Hall–Kier alpha value is -1.55. The monoisotopic (exact) mass is 484 g/mol. The Morgan fingerprint density at radius 3 is 1.39 bits per heavy atom. The zero-order valence-corrected chi connectivity index (χ0v) is 19.8. The van der Waals surface area contributed by atoms with Crippen LogP contribution in [0.4, 0.5) is 0 Å². The maximum absolute atomic E-state index is 13.7. The van der Waals surface area contributed by atoms with Gasteiger partial charge in [-0.3, -0.25) is 4.57 Å². The molecular formula is C20H25N2O6PS2. The predicted octanol–water partition coefficient (Wildman–Crippen LogP) is 3.41. The first-order chi connectivity index (χ1) is 14.5. The smallest absolute Gasteiger partial charge is 0.320 e. The summed E-state index contributed by atoms with van der Waals surface area (Å²) >= 11 is 0. The summed E-state index contributed by atoms with van der Waals surface area (Å²) in [5, 5.41) is 0. The molecule has 1 saturated carbocycles. The minimum Gasteiger partial charge on any atom is -0.320 e. The van der Waals surface area contributed by atoms with Crippen molar-refractivity contribution in [2.75, 3.05) is 0 Å². The molecule has 168 valence electrons. The number of fused-ring (bicyclic) bond motifs is 1. The first-order valence-electron chi connectivity index (χ1n) is 10.0. The van der Waals surface area contributed by atoms with Gasteiger partial charge in [0.25, 0.3) is 20.0 Å². The Labute approximate surface area is 183 Å². The molecule has 0 unspecified atom stereocenters. The zero-order valence-electron chi connectivity index (χ0n) is 17.2. The van der Waals surface area contributed by atoms with Gasteiger partial charge in [0.2, 0.25) is 0 Å². The summed E-state index contributed by atoms with van der Waals surface area (Å²) in [5.41, 5.74) is 1.68. The molecule has 0 aromatic heterocycles. The molecule has 1 aliphatic heterocycles. The van der Waals surface area contributed by atoms with Crippen LogP contribution in [-0.2, 0) is 24.6 Å². The van der Waals surface area contributed by atoms with E-state index in [2.05, 4.69) is 0 Å². The van der Waals surface area contributed by atoms with Crippen LogP contribution in [0.15, 0.2) is 58.3 Å². The fourth-order valence-electron chi connectivity index (χ4n) is 4.35. The van der Waals surface area contributed by atoms with E-state index < -0.39 is 39.8 Å². The Kier molecular flexibility index (Phi) is 5.69. The van der Waals surface area contributed by atoms with E-state index in [1.54, 1.807) is 38.1 Å². The molecule has 1 aliphatic carbocycles. The molecule has 2 atom stereocenters. The molecule has 1 heterocycles. The highest BCUT2D eigenvalue weighted by Gasteiger charge is 2.64. The molecular weight excluding hydrogens is 459 g/mol. The Bertz CT molecular complexity index is 1150. The first kappa shape index (κ1) is 22.6. The molecule has 1 N–H and O–H groups in total. The molecule has 0 spiro atoms. The average molecular weight is 485 g/mol. The van der Waals surface area contributed by atoms with Crippen LogP contribution in [0.25, 0.3) is 0 Å². The Balaban J connectivity index is 1.86. The third-order valence-electron chi connectivity index (χ3n) is 5.91. The van der Waals surface area contributed by atoms with Gasteiger partial charge in [0.1, 0.15) is 0 Å². The van der Waals surface area contributed by atoms with Crippen molar-refractivity contribution in [3.05, 3.63) is 59.7 Å². The molecule has 2 aromatic rings. The van der Waals surface area contributed by atoms with Gasteiger partial charge in [-0.05, 0) is 51.0 Å². The van der Waals surface area contributed by atoms with Gasteiger partial charge in [-0.25, -0.2) is 16.8 Å². The topological polar surface area (TPSA) is 112 Å². The molecule has 2 fully saturated rings. The minimum atomic E-state index is -4.98. The van der Waals surface area contributed by atoms with E-state index in [4.69, 9.17) is 0 Å². The van der Waals surface area contributed by atoms with Crippen LogP contribution in [-0.4, -0.2) is 42.0 Å². The van der Waals surface area contributed by atoms with Crippen molar-refractivity contribution in [1.29, 1.82) is 0 Å². The summed E-state index contributed by atoms with van der Waals surface area (Å²) < 4.78 is 68.6. The number of hydrogen-bond acceptors (Lipinski definition) is 5. The van der Waals surface area contributed by atoms with Gasteiger partial charge in [-0.1, -0.05) is 48.2 Å². The lowest BCUT2D eigenvalue weighted by atomic mass is 9.92. The lowest BCUT2D eigenvalue weighted by molar-refractivity contribution is 0.278. The number of benzene rings is 2. The molecule has 2 aromatic carbocycles. The maximum Gasteiger partial charge on any atom is 0.371 e. The number of hydrogen-bond donors (Lipinski definition) is 1. The standard InChI is InChI=1S/C20H25N2O6PS2/c1-15-7-11-17(12-8-15)30(25,26)21-19-5-3-4-6-20(19)22(29(21,23)24)31(27,28)18-13-9-16(2)10-14-18/h7-14,19-20H,3-6H2,1-2H3,(H,23,24)/t19-,20-/m0/s1. The van der Waals surface area contributed by atoms with Gasteiger partial charge in [0, 0.05) is 0 Å². The van der Waals surface area contributed by atoms with E-state index in [0.717, 1.165) is 11.1 Å². The Morgan fingerprint density at radius 2 is 1.06 bits per heavy atom. The SMILES string of the molecule is Cc1ccc(S(=O)(=O)N2[C@H]3CCCC[C@@H]3N(S(=O)(=O)c3ccc(C)cc3)P2(=O)O)cc1. The van der Waals surface area contributed by atoms with Crippen molar-refractivity contribution in [2.24, 2.45) is 0 Å². The second-order valence-electron chi connectivity index (χ2n) is 8.11. The van der Waals surface area contributed by atoms with Crippen molar-refractivity contribution >= 4 is 27.7 Å². The third-order valence-corrected chi connectivity index (χ3v) is 13.4. The second kappa shape index (κ2) is 7.79. The largest absolute Gasteiger partial charge is 0.371 e. The molecule has 8 nitrogen and oxygen atoms in total. The molecule has 0 radical (unpaired) electrons. The van der Waals surface area contributed by atoms with E-state index in [1.807, 2.05) is 0 Å². The van der Waals surface area contributed by atoms with Gasteiger partial charge < -0.3 is 4.89 Å². The van der Waals surface area contributed by atoms with E-state index in [0.29, 0.717) is 33.8 Å². The van der Waals surface area contributed by atoms with Crippen LogP contribution in [0.3, 0.4) is 0 Å². The highest BCUT2D eigenvalue weighted by Crippen LogP contribution is 2.64. The van der Waals surface area contributed by atoms with Gasteiger partial charge in [0.15, 0.2) is 0 Å². The summed E-state index contributed by atoms with van der Waals surface area (Å²) in [5.74, 6) is 0. The van der Waals surface area contributed by atoms with Gasteiger partial charge in [0.05, 0.1) is 21.9 Å². The second-order valence-corrected chi connectivity index (χ2v) is 14.2. The number of nitrogens with zero attached hydrogens (tertiary/aromatic N) is 2. The van der Waals surface area contributed by atoms with Gasteiger partial charge in [-0.2, -0.15) is 0 Å². The molecule has 0 bridgehead atoms. The van der Waals surface area contributed by atoms with Crippen molar-refractivity contribution < 1.29 is 26.3 Å². The molecule has 11 heteroatoms. The van der Waals surface area contributed by atoms with Crippen molar-refractivity contribution in [3.63, 3.8) is 0 Å². The van der Waals surface area contributed by atoms with Crippen LogP contribution < -0.4 is 0 Å². The van der Waals surface area contributed by atoms with E-state index in [1.165, 1.54) is 24.3 Å². The van der Waals surface area contributed by atoms with Crippen molar-refractivity contribution in [3.8, 4) is 0 Å². The van der Waals surface area contributed by atoms with Crippen LogP contribution in [0.1, 0.15) is 36.8 Å². The van der Waals surface area contributed by atoms with Crippen molar-refractivity contribution in [2.45, 2.75) is 61.4 Å². The van der Waals surface area contributed by atoms with Crippen LogP contribution in [0, 0.1) is 13.8 Å². The molecule has 4 rings (SSSR count). The molecule has 1 saturated heterocycles. The van der Waals surface area contributed by atoms with Crippen LogP contribution >= 0.6 is 7.67 Å². The summed E-state index contributed by atoms with van der Waals surface area (Å²) in [4.78, 5) is 10.8. The lowest BCUT2D eigenvalue weighted by Crippen LogP contribution is -2.43. The summed E-state index contributed by atoms with van der Waals surface area (Å²) in [6, 6.07) is 10.1. The van der Waals surface area contributed by atoms with Crippen LogP contribution in [0.5, 0.6) is 0 Å². The van der Waals surface area contributed by atoms with Gasteiger partial charge in [-0.15, -0.1) is 8.15 Å². The van der Waals surface area contributed by atoms with Crippen LogP contribution in [0.2, 0.25) is 0 Å². The maximum atomic E-state index is 13.7. The number of rotatable bonds is 4. The molecule has 0 amide bonds. The summed E-state index contributed by atoms with van der Waals surface area (Å²) in [7, 11) is -13.8. The predicted molar refractivity (Wildman–Crippen MR) is 116 cm³/mol. The summed E-state index contributed by atoms with van der Waals surface area (Å²) in [6.07, 6.45) is 1.94. The number of sulfonamides is 2.